The van der Waals surface area contributed by atoms with Crippen LogP contribution in [0.2, 0.25) is 0 Å². The third-order valence-electron chi connectivity index (χ3n) is 2.25. The summed E-state index contributed by atoms with van der Waals surface area (Å²) in [4.78, 5) is 44.0. The number of rotatable bonds is 8. The molecule has 0 bridgehead atoms. The predicted molar refractivity (Wildman–Crippen MR) is 64.5 cm³/mol. The Kier molecular flexibility index (Phi) is 7.18. The fraction of sp³-hybridized carbons (Fsp3) is 0.600. The van der Waals surface area contributed by atoms with Crippen LogP contribution in [0.5, 0.6) is 0 Å². The first-order valence-electron chi connectivity index (χ1n) is 5.60. The molecule has 7 N–H and O–H groups in total. The molecule has 10 nitrogen and oxygen atoms in total. The SMILES string of the molecule is C[C@@H](O)[C@H](N)C(=O)N[C@@H](CC(=O)O)C(=O)NCC(=O)O. The van der Waals surface area contributed by atoms with Gasteiger partial charge < -0.3 is 31.7 Å². The number of carboxylic acid groups (broad SMARTS) is 2. The second-order valence-corrected chi connectivity index (χ2v) is 4.04. The average molecular weight is 291 g/mol. The number of amides is 2. The van der Waals surface area contributed by atoms with Crippen LogP contribution in [0.25, 0.3) is 0 Å². The van der Waals surface area contributed by atoms with Gasteiger partial charge in [-0.25, -0.2) is 0 Å². The Morgan fingerprint density at radius 1 is 1.10 bits per heavy atom. The highest BCUT2D eigenvalue weighted by molar-refractivity contribution is 5.93. The molecule has 10 heteroatoms. The van der Waals surface area contributed by atoms with Gasteiger partial charge in [-0.3, -0.25) is 19.2 Å². The van der Waals surface area contributed by atoms with Gasteiger partial charge in [-0.2, -0.15) is 0 Å². The molecule has 0 spiro atoms. The van der Waals surface area contributed by atoms with E-state index in [0.29, 0.717) is 0 Å². The maximum Gasteiger partial charge on any atom is 0.322 e. The lowest BCUT2D eigenvalue weighted by molar-refractivity contribution is -0.141. The Hall–Kier alpha value is -2.20. The van der Waals surface area contributed by atoms with Crippen LogP contribution in [0.3, 0.4) is 0 Å². The van der Waals surface area contributed by atoms with Crippen molar-refractivity contribution < 1.29 is 34.5 Å². The normalized spacial score (nSPS) is 14.8. The van der Waals surface area contributed by atoms with Crippen molar-refractivity contribution in [2.45, 2.75) is 31.5 Å². The van der Waals surface area contributed by atoms with Crippen molar-refractivity contribution in [1.29, 1.82) is 0 Å². The number of aliphatic carboxylic acids is 2. The highest BCUT2D eigenvalue weighted by atomic mass is 16.4. The van der Waals surface area contributed by atoms with Crippen LogP contribution in [-0.4, -0.2) is 63.8 Å². The molecule has 2 amide bonds. The van der Waals surface area contributed by atoms with Crippen molar-refractivity contribution in [2.75, 3.05) is 6.54 Å². The van der Waals surface area contributed by atoms with Gasteiger partial charge in [0.2, 0.25) is 11.8 Å². The fourth-order valence-electron chi connectivity index (χ4n) is 1.16. The van der Waals surface area contributed by atoms with Gasteiger partial charge in [-0.05, 0) is 6.92 Å². The van der Waals surface area contributed by atoms with E-state index in [-0.39, 0.29) is 0 Å². The van der Waals surface area contributed by atoms with Crippen molar-refractivity contribution in [3.05, 3.63) is 0 Å². The second-order valence-electron chi connectivity index (χ2n) is 4.04. The number of carbonyl (C=O) groups excluding carboxylic acids is 2. The highest BCUT2D eigenvalue weighted by Gasteiger charge is 2.27. The quantitative estimate of drug-likeness (QED) is 0.271. The van der Waals surface area contributed by atoms with Crippen LogP contribution in [0, 0.1) is 0 Å². The molecule has 0 aliphatic carbocycles. The number of carboxylic acids is 2. The molecule has 3 atom stereocenters. The summed E-state index contributed by atoms with van der Waals surface area (Å²) in [7, 11) is 0. The van der Waals surface area contributed by atoms with Crippen molar-refractivity contribution in [1.82, 2.24) is 10.6 Å². The predicted octanol–water partition coefficient (Wildman–Crippen LogP) is -3.15. The summed E-state index contributed by atoms with van der Waals surface area (Å²) in [5.41, 5.74) is 5.33. The third-order valence-corrected chi connectivity index (χ3v) is 2.25. The zero-order valence-electron chi connectivity index (χ0n) is 10.7. The average Bonchev–Trinajstić information content (AvgIpc) is 2.33. The number of aliphatic hydroxyl groups is 1. The first kappa shape index (κ1) is 17.8. The van der Waals surface area contributed by atoms with Crippen molar-refractivity contribution in [3.63, 3.8) is 0 Å². The number of nitrogens with two attached hydrogens (primary N) is 1. The molecule has 0 aliphatic rings. The molecule has 0 heterocycles. The zero-order valence-corrected chi connectivity index (χ0v) is 10.7. The molecule has 0 saturated carbocycles. The summed E-state index contributed by atoms with van der Waals surface area (Å²) in [6.07, 6.45) is -1.94. The van der Waals surface area contributed by atoms with Gasteiger partial charge in [0.05, 0.1) is 12.5 Å². The Balaban J connectivity index is 4.71. The van der Waals surface area contributed by atoms with Crippen LogP contribution in [0.1, 0.15) is 13.3 Å². The third kappa shape index (κ3) is 6.66. The van der Waals surface area contributed by atoms with E-state index in [1.807, 2.05) is 10.6 Å². The first-order chi connectivity index (χ1) is 9.15. The molecule has 20 heavy (non-hydrogen) atoms. The van der Waals surface area contributed by atoms with E-state index < -0.39 is 54.9 Å². The molecule has 0 radical (unpaired) electrons. The minimum Gasteiger partial charge on any atom is -0.481 e. The number of carbonyl (C=O) groups is 4. The molecular formula is C10H17N3O7. The van der Waals surface area contributed by atoms with E-state index in [4.69, 9.17) is 21.1 Å². The summed E-state index contributed by atoms with van der Waals surface area (Å²) in [6, 6.07) is -2.82. The van der Waals surface area contributed by atoms with Crippen molar-refractivity contribution in [2.24, 2.45) is 5.73 Å². The largest absolute Gasteiger partial charge is 0.481 e. The van der Waals surface area contributed by atoms with E-state index in [1.165, 1.54) is 6.92 Å². The van der Waals surface area contributed by atoms with Crippen LogP contribution in [-0.2, 0) is 19.2 Å². The van der Waals surface area contributed by atoms with Crippen molar-refractivity contribution >= 4 is 23.8 Å². The first-order valence-corrected chi connectivity index (χ1v) is 5.60. The Morgan fingerprint density at radius 3 is 2.05 bits per heavy atom. The molecule has 0 aromatic carbocycles. The second kappa shape index (κ2) is 8.07. The van der Waals surface area contributed by atoms with Gasteiger partial charge in [-0.15, -0.1) is 0 Å². The minimum absolute atomic E-state index is 0.715. The molecule has 0 aromatic rings. The fourth-order valence-corrected chi connectivity index (χ4v) is 1.16. The molecule has 0 aromatic heterocycles. The lowest BCUT2D eigenvalue weighted by Gasteiger charge is -2.20. The zero-order chi connectivity index (χ0) is 15.9. The lowest BCUT2D eigenvalue weighted by atomic mass is 10.1. The molecule has 0 unspecified atom stereocenters. The van der Waals surface area contributed by atoms with E-state index in [1.54, 1.807) is 0 Å². The monoisotopic (exact) mass is 291 g/mol. The van der Waals surface area contributed by atoms with Gasteiger partial charge >= 0.3 is 11.9 Å². The maximum absolute atomic E-state index is 11.6. The Morgan fingerprint density at radius 2 is 1.65 bits per heavy atom. The smallest absolute Gasteiger partial charge is 0.322 e. The summed E-state index contributed by atoms with van der Waals surface area (Å²) in [5, 5.41) is 30.1. The van der Waals surface area contributed by atoms with Crippen LogP contribution in [0.4, 0.5) is 0 Å². The number of hydrogen-bond donors (Lipinski definition) is 6. The standard InChI is InChI=1S/C10H17N3O7/c1-4(14)8(11)10(20)13-5(2-6(15)16)9(19)12-3-7(17)18/h4-5,8,14H,2-3,11H2,1H3,(H,12,19)(H,13,20)(H,15,16)(H,17,18)/t4-,5+,8+/m1/s1. The minimum atomic E-state index is -1.48. The highest BCUT2D eigenvalue weighted by Crippen LogP contribution is 1.96. The topological polar surface area (TPSA) is 179 Å². The number of nitrogens with one attached hydrogen (secondary N) is 2. The van der Waals surface area contributed by atoms with Crippen LogP contribution in [0.15, 0.2) is 0 Å². The molecule has 0 aliphatic heterocycles. The van der Waals surface area contributed by atoms with Gasteiger partial charge in [0.25, 0.3) is 0 Å². The van der Waals surface area contributed by atoms with Crippen molar-refractivity contribution in [3.8, 4) is 0 Å². The maximum atomic E-state index is 11.6. The van der Waals surface area contributed by atoms with Crippen LogP contribution >= 0.6 is 0 Å². The Bertz CT molecular complexity index is 396. The van der Waals surface area contributed by atoms with E-state index in [9.17, 15) is 19.2 Å². The van der Waals surface area contributed by atoms with Gasteiger partial charge in [0, 0.05) is 0 Å². The Labute approximate surface area is 113 Å². The summed E-state index contributed by atoms with van der Waals surface area (Å²) in [6.45, 7) is 0.536. The van der Waals surface area contributed by atoms with Gasteiger partial charge in [0.15, 0.2) is 0 Å². The number of hydrogen-bond acceptors (Lipinski definition) is 6. The summed E-state index contributed by atoms with van der Waals surface area (Å²) < 4.78 is 0. The molecule has 0 rings (SSSR count). The summed E-state index contributed by atoms with van der Waals surface area (Å²) in [5.74, 6) is -4.58. The van der Waals surface area contributed by atoms with E-state index in [2.05, 4.69) is 0 Å². The number of aliphatic hydroxyl groups excluding tert-OH is 1. The van der Waals surface area contributed by atoms with Gasteiger partial charge in [0.1, 0.15) is 18.6 Å². The molecule has 0 fully saturated rings. The van der Waals surface area contributed by atoms with E-state index in [0.717, 1.165) is 0 Å². The van der Waals surface area contributed by atoms with Gasteiger partial charge in [-0.1, -0.05) is 0 Å². The van der Waals surface area contributed by atoms with E-state index >= 15 is 0 Å². The summed E-state index contributed by atoms with van der Waals surface area (Å²) >= 11 is 0. The molecule has 0 saturated heterocycles. The molecular weight excluding hydrogens is 274 g/mol. The lowest BCUT2D eigenvalue weighted by Crippen LogP contribution is -2.55. The van der Waals surface area contributed by atoms with Crippen LogP contribution < -0.4 is 16.4 Å². The molecule has 114 valence electrons.